The van der Waals surface area contributed by atoms with Gasteiger partial charge >= 0.3 is 0 Å². The van der Waals surface area contributed by atoms with Crippen LogP contribution in [0.4, 0.5) is 0 Å². The van der Waals surface area contributed by atoms with Gasteiger partial charge in [-0.2, -0.15) is 0 Å². The number of rotatable bonds is 8. The number of hydrogen-bond donors (Lipinski definition) is 1. The summed E-state index contributed by atoms with van der Waals surface area (Å²) in [5, 5.41) is 5.54. The summed E-state index contributed by atoms with van der Waals surface area (Å²) in [7, 11) is 0. The van der Waals surface area contributed by atoms with E-state index < -0.39 is 0 Å². The Balaban J connectivity index is 1.96. The van der Waals surface area contributed by atoms with Crippen molar-refractivity contribution in [2.45, 2.75) is 33.5 Å². The third-order valence-corrected chi connectivity index (χ3v) is 4.24. The summed E-state index contributed by atoms with van der Waals surface area (Å²) in [6.45, 7) is 9.50. The largest absolute Gasteiger partial charge is 0.313 e. The fraction of sp³-hybridized carbons (Fsp3) is 0.412. The zero-order chi connectivity index (χ0) is 14.2. The van der Waals surface area contributed by atoms with Crippen LogP contribution in [0.5, 0.6) is 0 Å². The van der Waals surface area contributed by atoms with E-state index in [2.05, 4.69) is 65.8 Å². The highest BCUT2D eigenvalue weighted by Crippen LogP contribution is 2.15. The van der Waals surface area contributed by atoms with Gasteiger partial charge in [-0.15, -0.1) is 11.3 Å². The molecular formula is C17H24N2S. The second-order valence-electron chi connectivity index (χ2n) is 4.98. The zero-order valence-electron chi connectivity index (χ0n) is 12.4. The van der Waals surface area contributed by atoms with Gasteiger partial charge < -0.3 is 5.32 Å². The van der Waals surface area contributed by atoms with Crippen molar-refractivity contribution in [3.63, 3.8) is 0 Å². The van der Waals surface area contributed by atoms with Crippen LogP contribution in [0.1, 0.15) is 29.9 Å². The first kappa shape index (κ1) is 15.2. The first-order valence-corrected chi connectivity index (χ1v) is 8.23. The van der Waals surface area contributed by atoms with Gasteiger partial charge in [0.25, 0.3) is 0 Å². The number of benzene rings is 1. The lowest BCUT2D eigenvalue weighted by atomic mass is 10.1. The fourth-order valence-corrected chi connectivity index (χ4v) is 3.01. The molecule has 3 heteroatoms. The molecule has 0 aliphatic rings. The molecule has 0 atom stereocenters. The van der Waals surface area contributed by atoms with Gasteiger partial charge in [-0.25, -0.2) is 0 Å². The summed E-state index contributed by atoms with van der Waals surface area (Å²) in [4.78, 5) is 3.92. The van der Waals surface area contributed by atoms with E-state index in [4.69, 9.17) is 0 Å². The van der Waals surface area contributed by atoms with Crippen molar-refractivity contribution in [2.24, 2.45) is 0 Å². The van der Waals surface area contributed by atoms with Crippen molar-refractivity contribution in [3.05, 3.63) is 57.8 Å². The number of thiophene rings is 1. The van der Waals surface area contributed by atoms with E-state index in [0.717, 1.165) is 32.7 Å². The summed E-state index contributed by atoms with van der Waals surface area (Å²) in [6.07, 6.45) is 0. The number of hydrogen-bond acceptors (Lipinski definition) is 3. The molecule has 0 aliphatic carbocycles. The average molecular weight is 288 g/mol. The van der Waals surface area contributed by atoms with Gasteiger partial charge in [0, 0.05) is 24.5 Å². The minimum Gasteiger partial charge on any atom is -0.313 e. The van der Waals surface area contributed by atoms with Gasteiger partial charge in [0.15, 0.2) is 0 Å². The number of nitrogens with one attached hydrogen (secondary N) is 1. The molecule has 20 heavy (non-hydrogen) atoms. The lowest BCUT2D eigenvalue weighted by Gasteiger charge is -2.20. The van der Waals surface area contributed by atoms with Crippen LogP contribution < -0.4 is 5.32 Å². The van der Waals surface area contributed by atoms with Gasteiger partial charge in [-0.05, 0) is 35.7 Å². The molecule has 2 aromatic rings. The normalized spacial score (nSPS) is 11.2. The molecule has 0 saturated carbocycles. The van der Waals surface area contributed by atoms with Crippen LogP contribution in [0, 0.1) is 0 Å². The molecule has 1 aromatic carbocycles. The number of nitrogens with zero attached hydrogens (tertiary/aromatic N) is 1. The van der Waals surface area contributed by atoms with Gasteiger partial charge in [0.1, 0.15) is 0 Å². The van der Waals surface area contributed by atoms with Crippen LogP contribution in [0.25, 0.3) is 0 Å². The standard InChI is InChI=1S/C17H24N2S/c1-3-18-12-15-7-5-8-16(11-15)13-19(4-2)14-17-9-6-10-20-17/h5-11,18H,3-4,12-14H2,1-2H3. The maximum atomic E-state index is 3.38. The molecule has 0 amide bonds. The summed E-state index contributed by atoms with van der Waals surface area (Å²) >= 11 is 1.84. The fourth-order valence-electron chi connectivity index (χ4n) is 2.27. The van der Waals surface area contributed by atoms with Gasteiger partial charge in [0.05, 0.1) is 0 Å². The van der Waals surface area contributed by atoms with Crippen LogP contribution >= 0.6 is 11.3 Å². The smallest absolute Gasteiger partial charge is 0.0331 e. The minimum absolute atomic E-state index is 0.960. The van der Waals surface area contributed by atoms with E-state index in [0.29, 0.717) is 0 Å². The Bertz CT molecular complexity index is 493. The van der Waals surface area contributed by atoms with E-state index in [1.54, 1.807) is 0 Å². The van der Waals surface area contributed by atoms with Crippen molar-refractivity contribution >= 4 is 11.3 Å². The van der Waals surface area contributed by atoms with E-state index in [9.17, 15) is 0 Å². The molecule has 2 rings (SSSR count). The quantitative estimate of drug-likeness (QED) is 0.793. The Morgan fingerprint density at radius 1 is 1.05 bits per heavy atom. The predicted molar refractivity (Wildman–Crippen MR) is 87.9 cm³/mol. The lowest BCUT2D eigenvalue weighted by molar-refractivity contribution is 0.274. The highest BCUT2D eigenvalue weighted by atomic mass is 32.1. The van der Waals surface area contributed by atoms with Gasteiger partial charge in [-0.1, -0.05) is 44.2 Å². The van der Waals surface area contributed by atoms with Crippen molar-refractivity contribution in [3.8, 4) is 0 Å². The first-order valence-electron chi connectivity index (χ1n) is 7.35. The van der Waals surface area contributed by atoms with E-state index in [-0.39, 0.29) is 0 Å². The Labute approximate surface area is 126 Å². The lowest BCUT2D eigenvalue weighted by Crippen LogP contribution is -2.22. The highest BCUT2D eigenvalue weighted by Gasteiger charge is 2.06. The molecule has 108 valence electrons. The Morgan fingerprint density at radius 3 is 2.60 bits per heavy atom. The summed E-state index contributed by atoms with van der Waals surface area (Å²) in [5.74, 6) is 0. The van der Waals surface area contributed by atoms with Crippen LogP contribution in [-0.4, -0.2) is 18.0 Å². The van der Waals surface area contributed by atoms with E-state index in [1.807, 2.05) is 11.3 Å². The molecule has 0 unspecified atom stereocenters. The summed E-state index contributed by atoms with van der Waals surface area (Å²) in [6, 6.07) is 13.3. The minimum atomic E-state index is 0.960. The van der Waals surface area contributed by atoms with E-state index >= 15 is 0 Å². The zero-order valence-corrected chi connectivity index (χ0v) is 13.2. The molecule has 0 aliphatic heterocycles. The molecule has 1 N–H and O–H groups in total. The van der Waals surface area contributed by atoms with Crippen molar-refractivity contribution in [1.82, 2.24) is 10.2 Å². The predicted octanol–water partition coefficient (Wildman–Crippen LogP) is 3.88. The second kappa shape index (κ2) is 8.20. The molecule has 1 aromatic heterocycles. The molecule has 0 spiro atoms. The molecule has 2 nitrogen and oxygen atoms in total. The van der Waals surface area contributed by atoms with Gasteiger partial charge in [-0.3, -0.25) is 4.90 Å². The van der Waals surface area contributed by atoms with Crippen LogP contribution in [-0.2, 0) is 19.6 Å². The van der Waals surface area contributed by atoms with Crippen LogP contribution in [0.15, 0.2) is 41.8 Å². The maximum Gasteiger partial charge on any atom is 0.0331 e. The first-order chi connectivity index (χ1) is 9.81. The van der Waals surface area contributed by atoms with Crippen molar-refractivity contribution in [2.75, 3.05) is 13.1 Å². The molecule has 0 radical (unpaired) electrons. The summed E-state index contributed by atoms with van der Waals surface area (Å²) in [5.41, 5.74) is 2.77. The van der Waals surface area contributed by atoms with Crippen LogP contribution in [0.2, 0.25) is 0 Å². The third kappa shape index (κ3) is 4.75. The van der Waals surface area contributed by atoms with Crippen molar-refractivity contribution < 1.29 is 0 Å². The SMILES string of the molecule is CCNCc1cccc(CN(CC)Cc2cccs2)c1. The Hall–Kier alpha value is -1.16. The monoisotopic (exact) mass is 288 g/mol. The highest BCUT2D eigenvalue weighted by molar-refractivity contribution is 7.09. The molecule has 0 bridgehead atoms. The molecular weight excluding hydrogens is 264 g/mol. The average Bonchev–Trinajstić information content (AvgIpc) is 2.98. The van der Waals surface area contributed by atoms with Crippen LogP contribution in [0.3, 0.4) is 0 Å². The topological polar surface area (TPSA) is 15.3 Å². The van der Waals surface area contributed by atoms with E-state index in [1.165, 1.54) is 16.0 Å². The van der Waals surface area contributed by atoms with Gasteiger partial charge in [0.2, 0.25) is 0 Å². The Kier molecular flexibility index (Phi) is 6.25. The molecule has 1 heterocycles. The Morgan fingerprint density at radius 2 is 1.90 bits per heavy atom. The molecule has 0 saturated heterocycles. The maximum absolute atomic E-state index is 3.38. The second-order valence-corrected chi connectivity index (χ2v) is 6.02. The third-order valence-electron chi connectivity index (χ3n) is 3.38. The molecule has 0 fully saturated rings. The van der Waals surface area contributed by atoms with Crippen molar-refractivity contribution in [1.29, 1.82) is 0 Å². The summed E-state index contributed by atoms with van der Waals surface area (Å²) < 4.78 is 0.